The van der Waals surface area contributed by atoms with Gasteiger partial charge in [-0.15, -0.1) is 0 Å². The molecule has 5 heteroatoms. The molecule has 2 nitrogen and oxygen atoms in total. The van der Waals surface area contributed by atoms with E-state index in [2.05, 4.69) is 4.98 Å². The zero-order valence-electron chi connectivity index (χ0n) is 10.1. The zero-order chi connectivity index (χ0) is 14.3. The summed E-state index contributed by atoms with van der Waals surface area (Å²) >= 11 is 17.7. The highest BCUT2D eigenvalue weighted by atomic mass is 35.5. The van der Waals surface area contributed by atoms with Crippen LogP contribution in [-0.4, -0.2) is 10.8 Å². The maximum absolute atomic E-state index is 12.5. The molecule has 0 saturated carbocycles. The molecule has 0 bridgehead atoms. The van der Waals surface area contributed by atoms with E-state index in [1.165, 1.54) is 0 Å². The van der Waals surface area contributed by atoms with Gasteiger partial charge in [0.05, 0.1) is 10.0 Å². The summed E-state index contributed by atoms with van der Waals surface area (Å²) in [5, 5.41) is 2.23. The number of rotatable bonds is 2. The van der Waals surface area contributed by atoms with Crippen molar-refractivity contribution in [2.24, 2.45) is 0 Å². The predicted molar refractivity (Wildman–Crippen MR) is 83.2 cm³/mol. The highest BCUT2D eigenvalue weighted by molar-refractivity contribution is 6.42. The van der Waals surface area contributed by atoms with E-state index in [0.717, 1.165) is 10.9 Å². The number of benzene rings is 2. The van der Waals surface area contributed by atoms with Crippen molar-refractivity contribution in [3.63, 3.8) is 0 Å². The van der Waals surface area contributed by atoms with Gasteiger partial charge < -0.3 is 4.98 Å². The van der Waals surface area contributed by atoms with Gasteiger partial charge in [0.1, 0.15) is 0 Å². The normalized spacial score (nSPS) is 10.9. The van der Waals surface area contributed by atoms with E-state index >= 15 is 0 Å². The van der Waals surface area contributed by atoms with Gasteiger partial charge in [-0.3, -0.25) is 4.79 Å². The summed E-state index contributed by atoms with van der Waals surface area (Å²) in [5.41, 5.74) is 1.89. The number of halogens is 3. The van der Waals surface area contributed by atoms with Crippen molar-refractivity contribution in [2.45, 2.75) is 0 Å². The van der Waals surface area contributed by atoms with Gasteiger partial charge >= 0.3 is 0 Å². The molecular weight excluding hydrogens is 317 g/mol. The molecule has 20 heavy (non-hydrogen) atoms. The molecule has 0 spiro atoms. The number of hydrogen-bond donors (Lipinski definition) is 1. The molecule has 1 heterocycles. The van der Waals surface area contributed by atoms with Crippen LogP contribution in [0.2, 0.25) is 15.1 Å². The van der Waals surface area contributed by atoms with Crippen LogP contribution in [0.5, 0.6) is 0 Å². The minimum Gasteiger partial charge on any atom is -0.360 e. The van der Waals surface area contributed by atoms with E-state index in [0.29, 0.717) is 26.2 Å². The molecule has 0 amide bonds. The SMILES string of the molecule is O=C(c1ccc(Cl)c(Cl)c1)c1c[nH]c2cc(Cl)ccc12. The van der Waals surface area contributed by atoms with E-state index in [-0.39, 0.29) is 5.78 Å². The van der Waals surface area contributed by atoms with Crippen molar-refractivity contribution in [3.05, 3.63) is 68.8 Å². The van der Waals surface area contributed by atoms with Gasteiger partial charge in [0.2, 0.25) is 0 Å². The Morgan fingerprint density at radius 1 is 0.950 bits per heavy atom. The summed E-state index contributed by atoms with van der Waals surface area (Å²) in [6.07, 6.45) is 1.67. The molecule has 0 atom stereocenters. The minimum absolute atomic E-state index is 0.114. The second kappa shape index (κ2) is 5.13. The van der Waals surface area contributed by atoms with Gasteiger partial charge in [0.15, 0.2) is 5.78 Å². The van der Waals surface area contributed by atoms with Crippen molar-refractivity contribution in [2.75, 3.05) is 0 Å². The first-order chi connectivity index (χ1) is 9.56. The van der Waals surface area contributed by atoms with Crippen LogP contribution in [0.15, 0.2) is 42.6 Å². The third kappa shape index (κ3) is 2.31. The van der Waals surface area contributed by atoms with Crippen molar-refractivity contribution >= 4 is 51.5 Å². The summed E-state index contributed by atoms with van der Waals surface area (Å²) in [5.74, 6) is -0.114. The molecule has 1 aromatic heterocycles. The molecule has 0 unspecified atom stereocenters. The molecule has 0 aliphatic heterocycles. The number of fused-ring (bicyclic) bond motifs is 1. The first kappa shape index (κ1) is 13.5. The van der Waals surface area contributed by atoms with Crippen LogP contribution in [0.25, 0.3) is 10.9 Å². The number of hydrogen-bond acceptors (Lipinski definition) is 1. The average Bonchev–Trinajstić information content (AvgIpc) is 2.84. The number of aromatic amines is 1. The molecule has 0 radical (unpaired) electrons. The van der Waals surface area contributed by atoms with Crippen molar-refractivity contribution in [1.29, 1.82) is 0 Å². The fourth-order valence-electron chi connectivity index (χ4n) is 2.08. The lowest BCUT2D eigenvalue weighted by atomic mass is 10.0. The van der Waals surface area contributed by atoms with Gasteiger partial charge in [-0.1, -0.05) is 40.9 Å². The number of ketones is 1. The summed E-state index contributed by atoms with van der Waals surface area (Å²) in [6.45, 7) is 0. The highest BCUT2D eigenvalue weighted by Gasteiger charge is 2.15. The lowest BCUT2D eigenvalue weighted by Crippen LogP contribution is -2.00. The fraction of sp³-hybridized carbons (Fsp3) is 0. The van der Waals surface area contributed by atoms with E-state index in [1.807, 2.05) is 6.07 Å². The Hall–Kier alpha value is -1.48. The fourth-order valence-corrected chi connectivity index (χ4v) is 2.55. The molecule has 1 N–H and O–H groups in total. The quantitative estimate of drug-likeness (QED) is 0.632. The lowest BCUT2D eigenvalue weighted by Gasteiger charge is -2.02. The maximum Gasteiger partial charge on any atom is 0.195 e. The number of aromatic nitrogens is 1. The Balaban J connectivity index is 2.10. The lowest BCUT2D eigenvalue weighted by molar-refractivity contribution is 0.104. The molecular formula is C15H8Cl3NO. The molecule has 0 fully saturated rings. The Morgan fingerprint density at radius 3 is 2.50 bits per heavy atom. The van der Waals surface area contributed by atoms with Crippen molar-refractivity contribution in [1.82, 2.24) is 4.98 Å². The topological polar surface area (TPSA) is 32.9 Å². The highest BCUT2D eigenvalue weighted by Crippen LogP contribution is 2.27. The molecule has 2 aromatic carbocycles. The molecule has 0 saturated heterocycles. The molecule has 3 rings (SSSR count). The molecule has 0 aliphatic rings. The van der Waals surface area contributed by atoms with Gasteiger partial charge in [0.25, 0.3) is 0 Å². The summed E-state index contributed by atoms with van der Waals surface area (Å²) in [7, 11) is 0. The number of nitrogens with one attached hydrogen (secondary N) is 1. The first-order valence-electron chi connectivity index (χ1n) is 5.82. The van der Waals surface area contributed by atoms with Gasteiger partial charge in [-0.2, -0.15) is 0 Å². The summed E-state index contributed by atoms with van der Waals surface area (Å²) in [4.78, 5) is 15.6. The summed E-state index contributed by atoms with van der Waals surface area (Å²) < 4.78 is 0. The van der Waals surface area contributed by atoms with E-state index in [9.17, 15) is 4.79 Å². The second-order valence-electron chi connectivity index (χ2n) is 4.35. The Bertz CT molecular complexity index is 823. The molecule has 100 valence electrons. The van der Waals surface area contributed by atoms with Crippen LogP contribution in [0.1, 0.15) is 15.9 Å². The minimum atomic E-state index is -0.114. The Labute approximate surface area is 130 Å². The van der Waals surface area contributed by atoms with Crippen LogP contribution in [-0.2, 0) is 0 Å². The van der Waals surface area contributed by atoms with Crippen LogP contribution >= 0.6 is 34.8 Å². The predicted octanol–water partition coefficient (Wildman–Crippen LogP) is 5.36. The second-order valence-corrected chi connectivity index (χ2v) is 5.60. The third-order valence-corrected chi connectivity index (χ3v) is 4.04. The van der Waals surface area contributed by atoms with Crippen LogP contribution in [0.4, 0.5) is 0 Å². The van der Waals surface area contributed by atoms with Crippen molar-refractivity contribution in [3.8, 4) is 0 Å². The Kier molecular flexibility index (Phi) is 3.47. The van der Waals surface area contributed by atoms with Crippen LogP contribution < -0.4 is 0 Å². The van der Waals surface area contributed by atoms with E-state index < -0.39 is 0 Å². The van der Waals surface area contributed by atoms with E-state index in [1.54, 1.807) is 36.5 Å². The summed E-state index contributed by atoms with van der Waals surface area (Å²) in [6, 6.07) is 10.2. The van der Waals surface area contributed by atoms with Gasteiger partial charge in [-0.05, 0) is 30.3 Å². The zero-order valence-corrected chi connectivity index (χ0v) is 12.4. The molecule has 0 aliphatic carbocycles. The third-order valence-electron chi connectivity index (χ3n) is 3.07. The molecule has 3 aromatic rings. The number of carbonyl (C=O) groups is 1. The number of carbonyl (C=O) groups excluding carboxylic acids is 1. The smallest absolute Gasteiger partial charge is 0.195 e. The van der Waals surface area contributed by atoms with Crippen molar-refractivity contribution < 1.29 is 4.79 Å². The monoisotopic (exact) mass is 323 g/mol. The van der Waals surface area contributed by atoms with Crippen LogP contribution in [0, 0.1) is 0 Å². The van der Waals surface area contributed by atoms with Gasteiger partial charge in [0, 0.05) is 33.2 Å². The Morgan fingerprint density at radius 2 is 1.75 bits per heavy atom. The van der Waals surface area contributed by atoms with Crippen LogP contribution in [0.3, 0.4) is 0 Å². The standard InChI is InChI=1S/C15H8Cl3NO/c16-9-2-3-10-11(7-19-14(10)6-9)15(20)8-1-4-12(17)13(18)5-8/h1-7,19H. The van der Waals surface area contributed by atoms with Gasteiger partial charge in [-0.25, -0.2) is 0 Å². The average molecular weight is 325 g/mol. The first-order valence-corrected chi connectivity index (χ1v) is 6.96. The largest absolute Gasteiger partial charge is 0.360 e. The van der Waals surface area contributed by atoms with E-state index in [4.69, 9.17) is 34.8 Å². The number of H-pyrrole nitrogens is 1. The maximum atomic E-state index is 12.5.